The van der Waals surface area contributed by atoms with Crippen molar-refractivity contribution in [3.05, 3.63) is 66.0 Å². The molecule has 2 fully saturated rings. The third kappa shape index (κ3) is 7.96. The molecule has 41 heavy (non-hydrogen) atoms. The van der Waals surface area contributed by atoms with Crippen molar-refractivity contribution in [2.24, 2.45) is 5.73 Å². The SMILES string of the molecule is C=C/C(=C\C(F)=C/C)C(C(=O)NC1CCC(F)(F)CC1)N(C(=O)N1CCCC1C#CN)c1ccc(C(C)(C)C)cc1. The molecule has 1 aromatic carbocycles. The Bertz CT molecular complexity index is 1230. The van der Waals surface area contributed by atoms with Crippen LogP contribution < -0.4 is 16.0 Å². The van der Waals surface area contributed by atoms with Crippen molar-refractivity contribution in [1.29, 1.82) is 0 Å². The van der Waals surface area contributed by atoms with Gasteiger partial charge in [-0.05, 0) is 67.4 Å². The number of nitrogens with zero attached hydrogens (tertiary/aromatic N) is 2. The molecular formula is C32H41F3N4O2. The molecule has 1 saturated heterocycles. The molecule has 1 aromatic rings. The molecule has 3 amide bonds. The molecule has 3 N–H and O–H groups in total. The maximum atomic E-state index is 14.6. The summed E-state index contributed by atoms with van der Waals surface area (Å²) in [6, 6.07) is 6.89. The van der Waals surface area contributed by atoms with Gasteiger partial charge < -0.3 is 16.0 Å². The van der Waals surface area contributed by atoms with Gasteiger partial charge in [0.25, 0.3) is 0 Å². The zero-order valence-corrected chi connectivity index (χ0v) is 24.4. The van der Waals surface area contributed by atoms with Crippen LogP contribution in [0.25, 0.3) is 0 Å². The number of allylic oxidation sites excluding steroid dienone is 3. The molecule has 1 heterocycles. The molecule has 1 aliphatic heterocycles. The third-order valence-corrected chi connectivity index (χ3v) is 7.67. The Hall–Kier alpha value is -3.67. The van der Waals surface area contributed by atoms with Crippen LogP contribution in [0.15, 0.2) is 60.5 Å². The molecule has 1 saturated carbocycles. The fraction of sp³-hybridized carbons (Fsp3) is 0.500. The number of carbonyl (C=O) groups is 2. The van der Waals surface area contributed by atoms with Gasteiger partial charge in [0.2, 0.25) is 11.8 Å². The first-order valence-corrected chi connectivity index (χ1v) is 14.1. The van der Waals surface area contributed by atoms with Gasteiger partial charge in [0.1, 0.15) is 11.9 Å². The van der Waals surface area contributed by atoms with E-state index in [9.17, 15) is 22.8 Å². The summed E-state index contributed by atoms with van der Waals surface area (Å²) >= 11 is 0. The van der Waals surface area contributed by atoms with Crippen molar-refractivity contribution >= 4 is 17.6 Å². The van der Waals surface area contributed by atoms with Crippen LogP contribution in [0.3, 0.4) is 0 Å². The van der Waals surface area contributed by atoms with Crippen LogP contribution in [0.5, 0.6) is 0 Å². The van der Waals surface area contributed by atoms with E-state index in [0.717, 1.165) is 11.6 Å². The summed E-state index contributed by atoms with van der Waals surface area (Å²) < 4.78 is 42.3. The summed E-state index contributed by atoms with van der Waals surface area (Å²) in [6.45, 7) is 11.9. The smallest absolute Gasteiger partial charge is 0.326 e. The Morgan fingerprint density at radius 2 is 1.83 bits per heavy atom. The normalized spacial score (nSPS) is 20.6. The van der Waals surface area contributed by atoms with Gasteiger partial charge in [-0.15, -0.1) is 0 Å². The fourth-order valence-electron chi connectivity index (χ4n) is 5.25. The molecule has 9 heteroatoms. The van der Waals surface area contributed by atoms with Crippen molar-refractivity contribution in [3.8, 4) is 12.0 Å². The van der Waals surface area contributed by atoms with E-state index in [-0.39, 0.29) is 36.7 Å². The number of halogens is 3. The Kier molecular flexibility index (Phi) is 10.4. The largest absolute Gasteiger partial charge is 0.359 e. The van der Waals surface area contributed by atoms with E-state index in [0.29, 0.717) is 25.1 Å². The number of carbonyl (C=O) groups excluding carboxylic acids is 2. The first-order chi connectivity index (χ1) is 19.3. The topological polar surface area (TPSA) is 78.7 Å². The van der Waals surface area contributed by atoms with Crippen molar-refractivity contribution in [3.63, 3.8) is 0 Å². The number of urea groups is 1. The summed E-state index contributed by atoms with van der Waals surface area (Å²) in [5, 5.41) is 2.87. The highest BCUT2D eigenvalue weighted by Gasteiger charge is 2.41. The molecular weight excluding hydrogens is 529 g/mol. The number of anilines is 1. The number of benzene rings is 1. The van der Waals surface area contributed by atoms with Crippen molar-refractivity contribution < 1.29 is 22.8 Å². The highest BCUT2D eigenvalue weighted by Crippen LogP contribution is 2.34. The van der Waals surface area contributed by atoms with E-state index in [2.05, 4.69) is 44.6 Å². The predicted octanol–water partition coefficient (Wildman–Crippen LogP) is 6.34. The molecule has 0 radical (unpaired) electrons. The van der Waals surface area contributed by atoms with Crippen molar-refractivity contribution in [2.75, 3.05) is 11.4 Å². The van der Waals surface area contributed by atoms with Gasteiger partial charge >= 0.3 is 6.03 Å². The van der Waals surface area contributed by atoms with E-state index < -0.39 is 41.8 Å². The van der Waals surface area contributed by atoms with Crippen LogP contribution in [0.4, 0.5) is 23.7 Å². The maximum absolute atomic E-state index is 14.6. The average molecular weight is 571 g/mol. The first-order valence-electron chi connectivity index (χ1n) is 14.1. The van der Waals surface area contributed by atoms with Crippen LogP contribution in [0.1, 0.15) is 71.8 Å². The van der Waals surface area contributed by atoms with Crippen LogP contribution in [0, 0.1) is 12.0 Å². The zero-order chi connectivity index (χ0) is 30.4. The highest BCUT2D eigenvalue weighted by molar-refractivity contribution is 6.02. The molecule has 1 aliphatic carbocycles. The lowest BCUT2D eigenvalue weighted by molar-refractivity contribution is -0.123. The number of nitrogens with one attached hydrogen (secondary N) is 1. The van der Waals surface area contributed by atoms with Crippen molar-refractivity contribution in [1.82, 2.24) is 10.2 Å². The lowest BCUT2D eigenvalue weighted by Crippen LogP contribution is -2.57. The Labute approximate surface area is 241 Å². The van der Waals surface area contributed by atoms with E-state index in [4.69, 9.17) is 5.73 Å². The minimum atomic E-state index is -2.77. The van der Waals surface area contributed by atoms with Gasteiger partial charge in [0, 0.05) is 37.2 Å². The van der Waals surface area contributed by atoms with Crippen molar-refractivity contribution in [2.45, 2.75) is 95.7 Å². The molecule has 2 unspecified atom stereocenters. The van der Waals surface area contributed by atoms with Crippen LogP contribution in [-0.4, -0.2) is 47.4 Å². The first kappa shape index (κ1) is 31.9. The minimum Gasteiger partial charge on any atom is -0.359 e. The molecule has 6 nitrogen and oxygen atoms in total. The molecule has 222 valence electrons. The molecule has 3 rings (SSSR count). The lowest BCUT2D eigenvalue weighted by Gasteiger charge is -2.37. The monoisotopic (exact) mass is 570 g/mol. The standard InChI is InChI=1S/C32H41F3N4O2/c1-6-22(21-24(33)7-2)28(29(40)37-25-14-17-32(34,35)18-15-25)39(27-12-10-23(11-13-27)31(3,4)5)30(41)38-20-8-9-26(38)16-19-36/h6-7,10-13,21,25-26,28H,1,8-9,14-15,17-18,20,36H2,2-5H3,(H,37,40)/b22-21+,24-7+. The second-order valence-corrected chi connectivity index (χ2v) is 11.7. The number of hydrogen-bond donors (Lipinski definition) is 2. The number of alkyl halides is 2. The Balaban J connectivity index is 2.14. The molecule has 0 aromatic heterocycles. The number of hydrogen-bond acceptors (Lipinski definition) is 3. The van der Waals surface area contributed by atoms with Crippen LogP contribution >= 0.6 is 0 Å². The van der Waals surface area contributed by atoms with Gasteiger partial charge in [-0.1, -0.05) is 57.6 Å². The summed E-state index contributed by atoms with van der Waals surface area (Å²) in [5.74, 6) is -1.12. The van der Waals surface area contributed by atoms with E-state index >= 15 is 0 Å². The molecule has 0 spiro atoms. The fourth-order valence-corrected chi connectivity index (χ4v) is 5.25. The summed E-state index contributed by atoms with van der Waals surface area (Å²) in [6.07, 6.45) is 4.56. The van der Waals surface area contributed by atoms with Gasteiger partial charge in [0.05, 0.1) is 6.04 Å². The number of likely N-dealkylation sites (tertiary alicyclic amines) is 1. The van der Waals surface area contributed by atoms with E-state index in [1.165, 1.54) is 24.0 Å². The second-order valence-electron chi connectivity index (χ2n) is 11.7. The Morgan fingerprint density at radius 1 is 1.20 bits per heavy atom. The number of rotatable bonds is 7. The average Bonchev–Trinajstić information content (AvgIpc) is 3.39. The molecule has 2 atom stereocenters. The van der Waals surface area contributed by atoms with Gasteiger partial charge in [-0.25, -0.2) is 18.0 Å². The highest BCUT2D eigenvalue weighted by atomic mass is 19.3. The molecule has 2 aliphatic rings. The lowest BCUT2D eigenvalue weighted by atomic mass is 9.87. The predicted molar refractivity (Wildman–Crippen MR) is 157 cm³/mol. The van der Waals surface area contributed by atoms with Gasteiger partial charge in [-0.2, -0.15) is 0 Å². The third-order valence-electron chi connectivity index (χ3n) is 7.67. The number of amides is 3. The summed E-state index contributed by atoms with van der Waals surface area (Å²) in [4.78, 5) is 31.2. The van der Waals surface area contributed by atoms with Gasteiger partial charge in [-0.3, -0.25) is 9.69 Å². The maximum Gasteiger partial charge on any atom is 0.326 e. The number of nitrogens with two attached hydrogens (primary N) is 1. The quantitative estimate of drug-likeness (QED) is 0.228. The zero-order valence-electron chi connectivity index (χ0n) is 24.4. The van der Waals surface area contributed by atoms with Crippen LogP contribution in [-0.2, 0) is 10.2 Å². The van der Waals surface area contributed by atoms with Crippen LogP contribution in [0.2, 0.25) is 0 Å². The van der Waals surface area contributed by atoms with E-state index in [1.807, 2.05) is 12.1 Å². The minimum absolute atomic E-state index is 0.0936. The van der Waals surface area contributed by atoms with E-state index in [1.54, 1.807) is 17.0 Å². The summed E-state index contributed by atoms with van der Waals surface area (Å²) in [7, 11) is 0. The summed E-state index contributed by atoms with van der Waals surface area (Å²) in [5.41, 5.74) is 6.90. The Morgan fingerprint density at radius 3 is 2.37 bits per heavy atom. The molecule has 0 bridgehead atoms. The van der Waals surface area contributed by atoms with Gasteiger partial charge in [0.15, 0.2) is 0 Å². The second kappa shape index (κ2) is 13.3.